The highest BCUT2D eigenvalue weighted by Crippen LogP contribution is 2.43. The number of rotatable bonds is 8. The molecule has 0 aromatic carbocycles. The first-order chi connectivity index (χ1) is 11.0. The Morgan fingerprint density at radius 1 is 1.30 bits per heavy atom. The van der Waals surface area contributed by atoms with Gasteiger partial charge in [-0.05, 0) is 55.1 Å². The van der Waals surface area contributed by atoms with Crippen molar-refractivity contribution in [2.75, 3.05) is 13.2 Å². The maximum atomic E-state index is 6.01. The van der Waals surface area contributed by atoms with Crippen LogP contribution in [0.1, 0.15) is 65.6 Å². The number of nitrogens with zero attached hydrogens (tertiary/aromatic N) is 1. The van der Waals surface area contributed by atoms with Gasteiger partial charge in [0.2, 0.25) is 0 Å². The summed E-state index contributed by atoms with van der Waals surface area (Å²) in [4.78, 5) is 4.59. The van der Waals surface area contributed by atoms with Gasteiger partial charge in [0.25, 0.3) is 0 Å². The number of hydrogen-bond acceptors (Lipinski definition) is 3. The van der Waals surface area contributed by atoms with E-state index in [1.165, 1.54) is 25.7 Å². The van der Waals surface area contributed by atoms with E-state index in [-0.39, 0.29) is 0 Å². The first-order valence-electron chi connectivity index (χ1n) is 9.16. The SMILES string of the molecule is CC(C)CC[C@]1(CCN=Cc2ccco2)CCO[C@@H](C(C)C)C1. The number of aliphatic imine (C=N–C) groups is 1. The molecular formula is C20H33NO2. The van der Waals surface area contributed by atoms with Crippen molar-refractivity contribution >= 4 is 6.21 Å². The summed E-state index contributed by atoms with van der Waals surface area (Å²) in [5.41, 5.74) is 0.401. The largest absolute Gasteiger partial charge is 0.463 e. The second-order valence-corrected chi connectivity index (χ2v) is 7.84. The summed E-state index contributed by atoms with van der Waals surface area (Å²) in [6, 6.07) is 3.85. The standard InChI is InChI=1S/C20H33NO2/c1-16(2)7-8-20(10-13-23-19(14-20)17(3)4)9-11-21-15-18-6-5-12-22-18/h5-6,12,15-17,19H,7-11,13-14H2,1-4H3/t19-,20+/m1/s1. The molecule has 130 valence electrons. The molecule has 1 aliphatic heterocycles. The van der Waals surface area contributed by atoms with Gasteiger partial charge in [0, 0.05) is 13.2 Å². The van der Waals surface area contributed by atoms with Crippen LogP contribution in [0, 0.1) is 17.3 Å². The highest BCUT2D eigenvalue weighted by Gasteiger charge is 2.37. The zero-order valence-corrected chi connectivity index (χ0v) is 15.3. The monoisotopic (exact) mass is 319 g/mol. The van der Waals surface area contributed by atoms with E-state index in [9.17, 15) is 0 Å². The normalized spacial score (nSPS) is 25.7. The summed E-state index contributed by atoms with van der Waals surface area (Å²) in [5.74, 6) is 2.20. The molecular weight excluding hydrogens is 286 g/mol. The quantitative estimate of drug-likeness (QED) is 0.606. The molecule has 3 heteroatoms. The summed E-state index contributed by atoms with van der Waals surface area (Å²) in [6.45, 7) is 11.0. The second-order valence-electron chi connectivity index (χ2n) is 7.84. The van der Waals surface area contributed by atoms with E-state index in [1.54, 1.807) is 6.26 Å². The lowest BCUT2D eigenvalue weighted by atomic mass is 9.69. The van der Waals surface area contributed by atoms with Gasteiger partial charge in [-0.2, -0.15) is 0 Å². The maximum absolute atomic E-state index is 6.01. The van der Waals surface area contributed by atoms with Crippen LogP contribution in [-0.2, 0) is 4.74 Å². The average Bonchev–Trinajstić information content (AvgIpc) is 3.03. The predicted molar refractivity (Wildman–Crippen MR) is 96.1 cm³/mol. The van der Waals surface area contributed by atoms with Gasteiger partial charge < -0.3 is 9.15 Å². The summed E-state index contributed by atoms with van der Waals surface area (Å²) >= 11 is 0. The van der Waals surface area contributed by atoms with Crippen LogP contribution in [0.15, 0.2) is 27.8 Å². The molecule has 0 N–H and O–H groups in total. The molecule has 1 aromatic heterocycles. The second kappa shape index (κ2) is 8.68. The molecule has 3 nitrogen and oxygen atoms in total. The molecule has 1 saturated heterocycles. The van der Waals surface area contributed by atoms with E-state index < -0.39 is 0 Å². The molecule has 0 radical (unpaired) electrons. The van der Waals surface area contributed by atoms with Gasteiger partial charge in [-0.1, -0.05) is 34.1 Å². The van der Waals surface area contributed by atoms with Gasteiger partial charge in [0.05, 0.1) is 18.6 Å². The zero-order chi connectivity index (χ0) is 16.7. The minimum absolute atomic E-state index is 0.401. The van der Waals surface area contributed by atoms with Crippen molar-refractivity contribution in [2.24, 2.45) is 22.2 Å². The van der Waals surface area contributed by atoms with Crippen LogP contribution >= 0.6 is 0 Å². The minimum Gasteiger partial charge on any atom is -0.463 e. The van der Waals surface area contributed by atoms with Crippen LogP contribution in [0.25, 0.3) is 0 Å². The van der Waals surface area contributed by atoms with E-state index >= 15 is 0 Å². The summed E-state index contributed by atoms with van der Waals surface area (Å²) in [6.07, 6.45) is 10.1. The highest BCUT2D eigenvalue weighted by molar-refractivity contribution is 5.75. The number of furan rings is 1. The molecule has 2 rings (SSSR count). The maximum Gasteiger partial charge on any atom is 0.144 e. The fraction of sp³-hybridized carbons (Fsp3) is 0.750. The molecule has 0 bridgehead atoms. The fourth-order valence-corrected chi connectivity index (χ4v) is 3.44. The van der Waals surface area contributed by atoms with Crippen molar-refractivity contribution in [1.82, 2.24) is 0 Å². The summed E-state index contributed by atoms with van der Waals surface area (Å²) in [5, 5.41) is 0. The van der Waals surface area contributed by atoms with Crippen molar-refractivity contribution in [2.45, 2.75) is 65.9 Å². The minimum atomic E-state index is 0.401. The Hall–Kier alpha value is -1.09. The number of hydrogen-bond donors (Lipinski definition) is 0. The Morgan fingerprint density at radius 2 is 2.13 bits per heavy atom. The molecule has 2 atom stereocenters. The van der Waals surface area contributed by atoms with E-state index in [0.717, 1.165) is 31.3 Å². The third kappa shape index (κ3) is 5.80. The van der Waals surface area contributed by atoms with Crippen LogP contribution in [-0.4, -0.2) is 25.5 Å². The summed E-state index contributed by atoms with van der Waals surface area (Å²) < 4.78 is 11.3. The van der Waals surface area contributed by atoms with E-state index in [0.29, 0.717) is 17.4 Å². The first-order valence-corrected chi connectivity index (χ1v) is 9.16. The molecule has 0 amide bonds. The number of ether oxygens (including phenoxy) is 1. The average molecular weight is 319 g/mol. The van der Waals surface area contributed by atoms with Crippen LogP contribution in [0.5, 0.6) is 0 Å². The van der Waals surface area contributed by atoms with Crippen LogP contribution in [0.4, 0.5) is 0 Å². The Labute approximate surface area is 141 Å². The van der Waals surface area contributed by atoms with Crippen LogP contribution in [0.2, 0.25) is 0 Å². The van der Waals surface area contributed by atoms with Crippen molar-refractivity contribution in [3.8, 4) is 0 Å². The molecule has 0 unspecified atom stereocenters. The van der Waals surface area contributed by atoms with Gasteiger partial charge in [-0.15, -0.1) is 0 Å². The Bertz CT molecular complexity index is 464. The Balaban J connectivity index is 1.95. The van der Waals surface area contributed by atoms with Crippen molar-refractivity contribution < 1.29 is 9.15 Å². The third-order valence-electron chi connectivity index (χ3n) is 5.13. The van der Waals surface area contributed by atoms with Crippen LogP contribution < -0.4 is 0 Å². The van der Waals surface area contributed by atoms with Crippen molar-refractivity contribution in [1.29, 1.82) is 0 Å². The summed E-state index contributed by atoms with van der Waals surface area (Å²) in [7, 11) is 0. The lowest BCUT2D eigenvalue weighted by Crippen LogP contribution is -2.38. The van der Waals surface area contributed by atoms with Crippen molar-refractivity contribution in [3.63, 3.8) is 0 Å². The Kier molecular flexibility index (Phi) is 6.88. The van der Waals surface area contributed by atoms with Gasteiger partial charge in [0.15, 0.2) is 0 Å². The molecule has 23 heavy (non-hydrogen) atoms. The van der Waals surface area contributed by atoms with Crippen molar-refractivity contribution in [3.05, 3.63) is 24.2 Å². The topological polar surface area (TPSA) is 34.7 Å². The smallest absolute Gasteiger partial charge is 0.144 e. The molecule has 2 heterocycles. The molecule has 0 spiro atoms. The lowest BCUT2D eigenvalue weighted by Gasteiger charge is -2.43. The van der Waals surface area contributed by atoms with Gasteiger partial charge in [-0.3, -0.25) is 4.99 Å². The Morgan fingerprint density at radius 3 is 2.78 bits per heavy atom. The van der Waals surface area contributed by atoms with E-state index in [1.807, 2.05) is 18.3 Å². The molecule has 1 aliphatic rings. The molecule has 1 fully saturated rings. The van der Waals surface area contributed by atoms with E-state index in [2.05, 4.69) is 32.7 Å². The first kappa shape index (κ1) is 18.3. The predicted octanol–water partition coefficient (Wildman–Crippen LogP) is 5.35. The van der Waals surface area contributed by atoms with E-state index in [4.69, 9.17) is 9.15 Å². The molecule has 0 saturated carbocycles. The van der Waals surface area contributed by atoms with Gasteiger partial charge >= 0.3 is 0 Å². The van der Waals surface area contributed by atoms with Gasteiger partial charge in [0.1, 0.15) is 5.76 Å². The third-order valence-corrected chi connectivity index (χ3v) is 5.13. The highest BCUT2D eigenvalue weighted by atomic mass is 16.5. The molecule has 1 aromatic rings. The fourth-order valence-electron chi connectivity index (χ4n) is 3.44. The van der Waals surface area contributed by atoms with Gasteiger partial charge in [-0.25, -0.2) is 0 Å². The lowest BCUT2D eigenvalue weighted by molar-refractivity contribution is -0.0755. The van der Waals surface area contributed by atoms with Crippen LogP contribution in [0.3, 0.4) is 0 Å². The molecule has 0 aliphatic carbocycles. The zero-order valence-electron chi connectivity index (χ0n) is 15.3.